The van der Waals surface area contributed by atoms with Crippen molar-refractivity contribution in [3.8, 4) is 39.9 Å². The molecule has 0 bridgehead atoms. The standard InChI is InChI=1S/C45H26N4O2/c1-3-12-27(13-4-1)43-46-44(28-14-5-2-6-15-28)48-45(47-43)29-22-23-32-40(24-29)51-39-21-11-19-36(42(32)39)49-35-18-9-7-16-30(35)33-26-41-34(25-37(33)49)31-17-8-10-20-38(31)50-41/h1-26H/i1D,3D,4D,12D,13D. The van der Waals surface area contributed by atoms with Crippen molar-refractivity contribution in [2.45, 2.75) is 0 Å². The van der Waals surface area contributed by atoms with Crippen LogP contribution in [0.15, 0.2) is 166 Å². The van der Waals surface area contributed by atoms with E-state index < -0.39 is 18.1 Å². The van der Waals surface area contributed by atoms with E-state index in [0.717, 1.165) is 60.2 Å². The summed E-state index contributed by atoms with van der Waals surface area (Å²) in [7, 11) is 0. The van der Waals surface area contributed by atoms with E-state index in [-0.39, 0.29) is 29.3 Å². The van der Waals surface area contributed by atoms with Crippen molar-refractivity contribution in [1.29, 1.82) is 0 Å². The smallest absolute Gasteiger partial charge is 0.164 e. The van der Waals surface area contributed by atoms with E-state index in [1.165, 1.54) is 0 Å². The lowest BCUT2D eigenvalue weighted by atomic mass is 10.1. The second-order valence-electron chi connectivity index (χ2n) is 12.5. The first-order chi connectivity index (χ1) is 27.3. The molecule has 11 aromatic rings. The van der Waals surface area contributed by atoms with Crippen molar-refractivity contribution >= 4 is 65.7 Å². The maximum Gasteiger partial charge on any atom is 0.164 e. The molecule has 0 aliphatic rings. The molecule has 51 heavy (non-hydrogen) atoms. The molecule has 6 nitrogen and oxygen atoms in total. The number of hydrogen-bond donors (Lipinski definition) is 0. The van der Waals surface area contributed by atoms with Gasteiger partial charge in [0.2, 0.25) is 0 Å². The minimum atomic E-state index is -0.486. The molecule has 0 aliphatic carbocycles. The van der Waals surface area contributed by atoms with E-state index in [2.05, 4.69) is 52.0 Å². The number of rotatable bonds is 4. The molecule has 0 radical (unpaired) electrons. The fourth-order valence-electron chi connectivity index (χ4n) is 7.27. The second-order valence-corrected chi connectivity index (χ2v) is 12.5. The van der Waals surface area contributed by atoms with Crippen LogP contribution in [-0.4, -0.2) is 19.5 Å². The molecule has 0 atom stereocenters. The van der Waals surface area contributed by atoms with Crippen LogP contribution in [0.5, 0.6) is 0 Å². The summed E-state index contributed by atoms with van der Waals surface area (Å²) in [4.78, 5) is 14.2. The van der Waals surface area contributed by atoms with Gasteiger partial charge >= 0.3 is 0 Å². The van der Waals surface area contributed by atoms with E-state index in [4.69, 9.17) is 25.7 Å². The van der Waals surface area contributed by atoms with Crippen molar-refractivity contribution in [1.82, 2.24) is 19.5 Å². The van der Waals surface area contributed by atoms with Crippen molar-refractivity contribution < 1.29 is 15.7 Å². The normalized spacial score (nSPS) is 13.3. The van der Waals surface area contributed by atoms with Gasteiger partial charge in [-0.05, 0) is 48.5 Å². The number of nitrogens with zero attached hydrogens (tertiary/aromatic N) is 4. The number of furan rings is 2. The van der Waals surface area contributed by atoms with Crippen LogP contribution in [0.2, 0.25) is 0 Å². The molecular formula is C45H26N4O2. The van der Waals surface area contributed by atoms with Crippen molar-refractivity contribution in [3.63, 3.8) is 0 Å². The highest BCUT2D eigenvalue weighted by Gasteiger charge is 2.21. The average Bonchev–Trinajstić information content (AvgIpc) is 3.90. The highest BCUT2D eigenvalue weighted by Crippen LogP contribution is 2.42. The van der Waals surface area contributed by atoms with Gasteiger partial charge in [0, 0.05) is 43.6 Å². The van der Waals surface area contributed by atoms with Crippen LogP contribution < -0.4 is 0 Å². The van der Waals surface area contributed by atoms with Gasteiger partial charge < -0.3 is 13.4 Å². The molecule has 4 aromatic heterocycles. The van der Waals surface area contributed by atoms with Gasteiger partial charge in [0.05, 0.1) is 29.0 Å². The predicted molar refractivity (Wildman–Crippen MR) is 205 cm³/mol. The summed E-state index contributed by atoms with van der Waals surface area (Å²) in [6.07, 6.45) is 0. The number of para-hydroxylation sites is 2. The first kappa shape index (κ1) is 23.3. The number of hydrogen-bond acceptors (Lipinski definition) is 5. The summed E-state index contributed by atoms with van der Waals surface area (Å²) < 4.78 is 57.1. The fourth-order valence-corrected chi connectivity index (χ4v) is 7.27. The first-order valence-corrected chi connectivity index (χ1v) is 16.5. The Bertz CT molecular complexity index is 3420. The molecule has 11 rings (SSSR count). The SMILES string of the molecule is [2H]c1c([2H])c([2H])c(-c2nc(-c3ccccc3)nc(-c3ccc4c(c3)oc3cccc(-n5c6ccccc6c6cc7oc8ccccc8c7cc65)c34)n2)c([2H])c1[2H]. The Morgan fingerprint density at radius 2 is 1.12 bits per heavy atom. The van der Waals surface area contributed by atoms with Crippen LogP contribution in [0.3, 0.4) is 0 Å². The van der Waals surface area contributed by atoms with E-state index in [1.54, 1.807) is 0 Å². The Morgan fingerprint density at radius 1 is 0.431 bits per heavy atom. The van der Waals surface area contributed by atoms with Crippen molar-refractivity contribution in [2.75, 3.05) is 0 Å². The van der Waals surface area contributed by atoms with Gasteiger partial charge in [0.15, 0.2) is 17.5 Å². The third-order valence-electron chi connectivity index (χ3n) is 9.54. The molecule has 4 heterocycles. The number of benzene rings is 7. The van der Waals surface area contributed by atoms with Crippen molar-refractivity contribution in [3.05, 3.63) is 158 Å². The molecule has 0 saturated carbocycles. The van der Waals surface area contributed by atoms with Gasteiger partial charge in [-0.2, -0.15) is 0 Å². The molecule has 0 N–H and O–H groups in total. The molecule has 0 saturated heterocycles. The molecule has 0 aliphatic heterocycles. The molecule has 238 valence electrons. The topological polar surface area (TPSA) is 69.9 Å². The molecule has 0 spiro atoms. The lowest BCUT2D eigenvalue weighted by molar-refractivity contribution is 0.668. The summed E-state index contributed by atoms with van der Waals surface area (Å²) in [5.74, 6) is 0.543. The van der Waals surface area contributed by atoms with Gasteiger partial charge in [-0.3, -0.25) is 0 Å². The Hall–Kier alpha value is -7.05. The Labute approximate surface area is 297 Å². The van der Waals surface area contributed by atoms with Crippen LogP contribution in [-0.2, 0) is 0 Å². The van der Waals surface area contributed by atoms with Gasteiger partial charge in [-0.25, -0.2) is 15.0 Å². The summed E-state index contributed by atoms with van der Waals surface area (Å²) in [6, 6.07) is 39.8. The first-order valence-electron chi connectivity index (χ1n) is 19.0. The Balaban J connectivity index is 1.13. The Kier molecular flexibility index (Phi) is 4.91. The third-order valence-corrected chi connectivity index (χ3v) is 9.54. The molecule has 0 fully saturated rings. The average molecular weight is 660 g/mol. The van der Waals surface area contributed by atoms with E-state index in [0.29, 0.717) is 28.1 Å². The molecule has 6 heteroatoms. The summed E-state index contributed by atoms with van der Waals surface area (Å²) in [5, 5.41) is 6.12. The van der Waals surface area contributed by atoms with E-state index >= 15 is 0 Å². The lowest BCUT2D eigenvalue weighted by Crippen LogP contribution is -2.00. The van der Waals surface area contributed by atoms with Gasteiger partial charge in [-0.15, -0.1) is 0 Å². The number of aromatic nitrogens is 4. The summed E-state index contributed by atoms with van der Waals surface area (Å²) >= 11 is 0. The third kappa shape index (κ3) is 4.26. The molecule has 0 unspecified atom stereocenters. The minimum absolute atomic E-state index is 0.0243. The largest absolute Gasteiger partial charge is 0.456 e. The zero-order valence-corrected chi connectivity index (χ0v) is 26.7. The monoisotopic (exact) mass is 659 g/mol. The maximum atomic E-state index is 8.65. The number of fused-ring (bicyclic) bond motifs is 9. The zero-order valence-electron chi connectivity index (χ0n) is 31.7. The fraction of sp³-hybridized carbons (Fsp3) is 0. The lowest BCUT2D eigenvalue weighted by Gasteiger charge is -2.10. The van der Waals surface area contributed by atoms with Crippen LogP contribution in [0, 0.1) is 0 Å². The zero-order chi connectivity index (χ0) is 37.8. The molecular weight excluding hydrogens is 629 g/mol. The van der Waals surface area contributed by atoms with Gasteiger partial charge in [-0.1, -0.05) is 109 Å². The van der Waals surface area contributed by atoms with Crippen LogP contribution >= 0.6 is 0 Å². The second kappa shape index (κ2) is 10.7. The van der Waals surface area contributed by atoms with E-state index in [9.17, 15) is 0 Å². The summed E-state index contributed by atoms with van der Waals surface area (Å²) in [6.45, 7) is 0. The highest BCUT2D eigenvalue weighted by atomic mass is 16.3. The van der Waals surface area contributed by atoms with Crippen LogP contribution in [0.4, 0.5) is 0 Å². The van der Waals surface area contributed by atoms with Crippen LogP contribution in [0.25, 0.3) is 106 Å². The molecule has 7 aromatic carbocycles. The van der Waals surface area contributed by atoms with Crippen LogP contribution in [0.1, 0.15) is 6.85 Å². The van der Waals surface area contributed by atoms with Gasteiger partial charge in [0.1, 0.15) is 22.3 Å². The highest BCUT2D eigenvalue weighted by molar-refractivity contribution is 6.19. The maximum absolute atomic E-state index is 8.65. The van der Waals surface area contributed by atoms with Gasteiger partial charge in [0.25, 0.3) is 0 Å². The summed E-state index contributed by atoms with van der Waals surface area (Å²) in [5.41, 5.74) is 7.25. The minimum Gasteiger partial charge on any atom is -0.456 e. The quantitative estimate of drug-likeness (QED) is 0.188. The van der Waals surface area contributed by atoms with E-state index in [1.807, 2.05) is 84.9 Å². The molecule has 0 amide bonds. The predicted octanol–water partition coefficient (Wildman–Crippen LogP) is 11.8. The Morgan fingerprint density at radius 3 is 1.98 bits per heavy atom. The van der Waals surface area contributed by atoms with Crippen molar-refractivity contribution in [2.24, 2.45) is 0 Å².